The number of nitrogens with zero attached hydrogens (tertiary/aromatic N) is 1. The highest BCUT2D eigenvalue weighted by Crippen LogP contribution is 2.53. The van der Waals surface area contributed by atoms with E-state index in [0.717, 1.165) is 25.1 Å². The number of carbonyl (C=O) groups excluding carboxylic acids is 3. The molecule has 4 heterocycles. The fourth-order valence-corrected chi connectivity index (χ4v) is 4.46. The van der Waals surface area contributed by atoms with E-state index in [9.17, 15) is 14.4 Å². The minimum atomic E-state index is -1.29. The summed E-state index contributed by atoms with van der Waals surface area (Å²) in [5.41, 5.74) is -1.09. The summed E-state index contributed by atoms with van der Waals surface area (Å²) in [6.07, 6.45) is 4.26. The second kappa shape index (κ2) is 6.70. The fraction of sp³-hybridized carbons (Fsp3) is 0.650. The molecule has 0 aromatic carbocycles. The Bertz CT molecular complexity index is 787. The van der Waals surface area contributed by atoms with E-state index in [2.05, 4.69) is 4.90 Å². The van der Waals surface area contributed by atoms with E-state index < -0.39 is 29.1 Å². The van der Waals surface area contributed by atoms with Gasteiger partial charge >= 0.3 is 17.9 Å². The number of hydrogen-bond donors (Lipinski definition) is 0. The van der Waals surface area contributed by atoms with Crippen LogP contribution in [-0.4, -0.2) is 72.5 Å². The van der Waals surface area contributed by atoms with Gasteiger partial charge < -0.3 is 18.9 Å². The molecule has 3 saturated heterocycles. The normalized spacial score (nSPS) is 39.1. The first-order valence-corrected chi connectivity index (χ1v) is 9.59. The van der Waals surface area contributed by atoms with Crippen molar-refractivity contribution in [2.75, 3.05) is 26.3 Å². The minimum absolute atomic E-state index is 0.0481. The van der Waals surface area contributed by atoms with Gasteiger partial charge in [-0.05, 0) is 25.8 Å². The summed E-state index contributed by atoms with van der Waals surface area (Å²) in [6.45, 7) is 6.21. The van der Waals surface area contributed by atoms with Gasteiger partial charge in [0.1, 0.15) is 24.9 Å². The maximum absolute atomic E-state index is 12.9. The molecule has 0 radical (unpaired) electrons. The van der Waals surface area contributed by atoms with Crippen LogP contribution < -0.4 is 0 Å². The quantitative estimate of drug-likeness (QED) is 0.225. The lowest BCUT2D eigenvalue weighted by molar-refractivity contribution is -0.150. The van der Waals surface area contributed by atoms with E-state index in [1.807, 2.05) is 6.08 Å². The second-order valence-corrected chi connectivity index (χ2v) is 7.93. The zero-order valence-corrected chi connectivity index (χ0v) is 16.4. The van der Waals surface area contributed by atoms with Crippen molar-refractivity contribution in [3.63, 3.8) is 0 Å². The van der Waals surface area contributed by atoms with E-state index in [-0.39, 0.29) is 31.8 Å². The Hall–Kier alpha value is -2.19. The Labute approximate surface area is 163 Å². The lowest BCUT2D eigenvalue weighted by Gasteiger charge is -2.26. The van der Waals surface area contributed by atoms with Gasteiger partial charge in [0, 0.05) is 32.0 Å². The molecule has 8 nitrogen and oxygen atoms in total. The molecule has 0 aliphatic carbocycles. The van der Waals surface area contributed by atoms with Crippen molar-refractivity contribution in [3.8, 4) is 0 Å². The third-order valence-corrected chi connectivity index (χ3v) is 6.25. The largest absolute Gasteiger partial charge is 0.463 e. The van der Waals surface area contributed by atoms with Crippen LogP contribution in [0.2, 0.25) is 0 Å². The van der Waals surface area contributed by atoms with Gasteiger partial charge in [0.25, 0.3) is 0 Å². The first-order valence-electron chi connectivity index (χ1n) is 9.59. The van der Waals surface area contributed by atoms with Gasteiger partial charge in [-0.15, -0.1) is 0 Å². The lowest BCUT2D eigenvalue weighted by Crippen LogP contribution is -2.41. The van der Waals surface area contributed by atoms with Crippen molar-refractivity contribution in [1.82, 2.24) is 4.90 Å². The number of allylic oxidation sites excluding steroid dienone is 1. The molecule has 0 unspecified atom stereocenters. The zero-order chi connectivity index (χ0) is 20.1. The van der Waals surface area contributed by atoms with Gasteiger partial charge in [-0.25, -0.2) is 9.59 Å². The smallest absolute Gasteiger partial charge is 0.341 e. The first kappa shape index (κ1) is 19.1. The number of fused-ring (bicyclic) bond motifs is 1. The van der Waals surface area contributed by atoms with Crippen molar-refractivity contribution in [2.45, 2.75) is 57.0 Å². The molecule has 0 spiro atoms. The molecule has 8 heteroatoms. The number of rotatable bonds is 2. The third kappa shape index (κ3) is 2.95. The molecule has 0 saturated carbocycles. The molecule has 0 aromatic heterocycles. The molecule has 4 rings (SSSR count). The van der Waals surface area contributed by atoms with Crippen LogP contribution in [0.1, 0.15) is 33.6 Å². The number of esters is 3. The van der Waals surface area contributed by atoms with Crippen LogP contribution in [0.25, 0.3) is 0 Å². The van der Waals surface area contributed by atoms with Crippen molar-refractivity contribution < 1.29 is 33.3 Å². The number of ether oxygens (including phenoxy) is 4. The van der Waals surface area contributed by atoms with Crippen LogP contribution >= 0.6 is 0 Å². The van der Waals surface area contributed by atoms with Gasteiger partial charge in [0.2, 0.25) is 0 Å². The standard InChI is InChI=1S/C20H25NO7/c1-4-13-9-20(11-26-12(2)22)19(3,28-20)18(24)25-10-14-5-7-21-8-6-15(16(14)21)27-17(13)23/h4-5,15-16H,6-11H2,1-3H3/b13-4-/t15-,16-,19+,20+/m1/s1. The summed E-state index contributed by atoms with van der Waals surface area (Å²) in [7, 11) is 0. The SMILES string of the molecule is C/C=C1/C[C@@]2(COC(C)=O)O[C@@]2(C)C(=O)OCC2=CCN3CC[C@@H](OC1=O)[C@@H]23. The van der Waals surface area contributed by atoms with Gasteiger partial charge in [-0.1, -0.05) is 12.2 Å². The summed E-state index contributed by atoms with van der Waals surface area (Å²) in [5, 5.41) is 0. The average molecular weight is 391 g/mol. The Morgan fingerprint density at radius 2 is 2.21 bits per heavy atom. The topological polar surface area (TPSA) is 94.7 Å². The summed E-state index contributed by atoms with van der Waals surface area (Å²) in [4.78, 5) is 39.2. The monoisotopic (exact) mass is 391 g/mol. The Balaban J connectivity index is 1.64. The predicted octanol–water partition coefficient (Wildman–Crippen LogP) is 0.896. The van der Waals surface area contributed by atoms with Gasteiger partial charge in [0.15, 0.2) is 5.60 Å². The van der Waals surface area contributed by atoms with Crippen LogP contribution in [0, 0.1) is 0 Å². The van der Waals surface area contributed by atoms with E-state index in [1.165, 1.54) is 6.92 Å². The fourth-order valence-electron chi connectivity index (χ4n) is 4.46. The molecule has 28 heavy (non-hydrogen) atoms. The molecule has 0 amide bonds. The maximum atomic E-state index is 12.9. The van der Waals surface area contributed by atoms with E-state index >= 15 is 0 Å². The Kier molecular flexibility index (Phi) is 4.58. The second-order valence-electron chi connectivity index (χ2n) is 7.93. The number of epoxide rings is 1. The average Bonchev–Trinajstić information content (AvgIpc) is 2.96. The number of carbonyl (C=O) groups is 3. The molecular weight excluding hydrogens is 366 g/mol. The van der Waals surface area contributed by atoms with Gasteiger partial charge in [0.05, 0.1) is 6.04 Å². The highest BCUT2D eigenvalue weighted by atomic mass is 16.7. The predicted molar refractivity (Wildman–Crippen MR) is 96.1 cm³/mol. The third-order valence-electron chi connectivity index (χ3n) is 6.25. The van der Waals surface area contributed by atoms with Crippen LogP contribution in [0.15, 0.2) is 23.3 Å². The van der Waals surface area contributed by atoms with Crippen molar-refractivity contribution in [2.24, 2.45) is 0 Å². The maximum Gasteiger partial charge on any atom is 0.341 e. The number of cyclic esters (lactones) is 1. The Morgan fingerprint density at radius 1 is 1.43 bits per heavy atom. The Morgan fingerprint density at radius 3 is 2.93 bits per heavy atom. The molecule has 0 aromatic rings. The highest BCUT2D eigenvalue weighted by molar-refractivity contribution is 5.90. The van der Waals surface area contributed by atoms with Gasteiger partial charge in [-0.3, -0.25) is 9.69 Å². The zero-order valence-electron chi connectivity index (χ0n) is 16.4. The lowest BCUT2D eigenvalue weighted by atomic mass is 9.88. The minimum Gasteiger partial charge on any atom is -0.463 e. The van der Waals surface area contributed by atoms with Crippen molar-refractivity contribution in [1.29, 1.82) is 0 Å². The molecule has 4 aliphatic heterocycles. The summed E-state index contributed by atoms with van der Waals surface area (Å²) in [6, 6.07) is -0.0481. The molecule has 4 aliphatic rings. The van der Waals surface area contributed by atoms with Crippen molar-refractivity contribution >= 4 is 17.9 Å². The van der Waals surface area contributed by atoms with E-state index in [0.29, 0.717) is 5.57 Å². The highest BCUT2D eigenvalue weighted by Gasteiger charge is 2.73. The molecule has 3 fully saturated rings. The van der Waals surface area contributed by atoms with Gasteiger partial charge in [-0.2, -0.15) is 0 Å². The van der Waals surface area contributed by atoms with Crippen LogP contribution in [0.5, 0.6) is 0 Å². The first-order chi connectivity index (χ1) is 13.3. The van der Waals surface area contributed by atoms with E-state index in [1.54, 1.807) is 19.9 Å². The summed E-state index contributed by atoms with van der Waals surface area (Å²) in [5.74, 6) is -1.42. The molecule has 4 atom stereocenters. The van der Waals surface area contributed by atoms with Crippen LogP contribution in [0.3, 0.4) is 0 Å². The van der Waals surface area contributed by atoms with Crippen LogP contribution in [-0.2, 0) is 33.3 Å². The summed E-state index contributed by atoms with van der Waals surface area (Å²) < 4.78 is 22.3. The molecule has 152 valence electrons. The molecule has 0 N–H and O–H groups in total. The van der Waals surface area contributed by atoms with Crippen LogP contribution in [0.4, 0.5) is 0 Å². The summed E-state index contributed by atoms with van der Waals surface area (Å²) >= 11 is 0. The molecule has 0 bridgehead atoms. The number of hydrogen-bond acceptors (Lipinski definition) is 8. The van der Waals surface area contributed by atoms with E-state index in [4.69, 9.17) is 18.9 Å². The molecular formula is C20H25NO7. The van der Waals surface area contributed by atoms with Crippen molar-refractivity contribution in [3.05, 3.63) is 23.3 Å².